The molecule has 0 saturated heterocycles. The standard InChI is InChI=1S/C12H19NO2/c1-8(14)4-12(15)13-7-11-6-9-2-3-10(11)5-9/h9-11H,2-7H2,1H3,(H,13,15)/t9-,10-,11+/m1/s1. The molecule has 2 aliphatic rings. The monoisotopic (exact) mass is 209 g/mol. The van der Waals surface area contributed by atoms with Crippen LogP contribution in [-0.2, 0) is 9.59 Å². The van der Waals surface area contributed by atoms with E-state index in [1.54, 1.807) is 0 Å². The average molecular weight is 209 g/mol. The molecule has 0 spiro atoms. The van der Waals surface area contributed by atoms with Crippen molar-refractivity contribution in [3.8, 4) is 0 Å². The summed E-state index contributed by atoms with van der Waals surface area (Å²) in [7, 11) is 0. The van der Waals surface area contributed by atoms with Crippen molar-refractivity contribution >= 4 is 11.7 Å². The minimum Gasteiger partial charge on any atom is -0.355 e. The van der Waals surface area contributed by atoms with E-state index in [1.807, 2.05) is 0 Å². The molecule has 0 aromatic heterocycles. The van der Waals surface area contributed by atoms with E-state index in [0.717, 1.165) is 18.4 Å². The van der Waals surface area contributed by atoms with Gasteiger partial charge in [-0.3, -0.25) is 9.59 Å². The van der Waals surface area contributed by atoms with Crippen LogP contribution in [0.4, 0.5) is 0 Å². The second-order valence-corrected chi connectivity index (χ2v) is 5.12. The summed E-state index contributed by atoms with van der Waals surface area (Å²) < 4.78 is 0. The normalized spacial score (nSPS) is 33.0. The topological polar surface area (TPSA) is 46.2 Å². The molecule has 0 unspecified atom stereocenters. The number of hydrogen-bond donors (Lipinski definition) is 1. The number of hydrogen-bond acceptors (Lipinski definition) is 2. The fourth-order valence-electron chi connectivity index (χ4n) is 3.16. The zero-order valence-corrected chi connectivity index (χ0v) is 9.29. The molecule has 0 aromatic carbocycles. The molecule has 0 radical (unpaired) electrons. The fraction of sp³-hybridized carbons (Fsp3) is 0.833. The van der Waals surface area contributed by atoms with E-state index in [0.29, 0.717) is 5.92 Å². The van der Waals surface area contributed by atoms with E-state index in [9.17, 15) is 9.59 Å². The number of amides is 1. The summed E-state index contributed by atoms with van der Waals surface area (Å²) in [6.45, 7) is 2.24. The van der Waals surface area contributed by atoms with Crippen LogP contribution in [0.1, 0.15) is 39.0 Å². The Hall–Kier alpha value is -0.860. The van der Waals surface area contributed by atoms with Gasteiger partial charge in [-0.25, -0.2) is 0 Å². The minimum atomic E-state index is -0.106. The Labute approximate surface area is 90.6 Å². The third-order valence-corrected chi connectivity index (χ3v) is 3.86. The summed E-state index contributed by atoms with van der Waals surface area (Å²) in [5, 5.41) is 2.88. The van der Waals surface area contributed by atoms with Crippen molar-refractivity contribution in [2.75, 3.05) is 6.54 Å². The molecule has 2 fully saturated rings. The summed E-state index contributed by atoms with van der Waals surface area (Å²) in [4.78, 5) is 22.0. The van der Waals surface area contributed by atoms with E-state index < -0.39 is 0 Å². The van der Waals surface area contributed by atoms with Gasteiger partial charge in [0.25, 0.3) is 0 Å². The molecular weight excluding hydrogens is 190 g/mol. The van der Waals surface area contributed by atoms with Crippen molar-refractivity contribution in [2.45, 2.75) is 39.0 Å². The van der Waals surface area contributed by atoms with Crippen LogP contribution in [0, 0.1) is 17.8 Å². The molecule has 3 nitrogen and oxygen atoms in total. The summed E-state index contributed by atoms with van der Waals surface area (Å²) in [6.07, 6.45) is 5.43. The van der Waals surface area contributed by atoms with Crippen LogP contribution in [0.5, 0.6) is 0 Å². The maximum atomic E-state index is 11.3. The largest absolute Gasteiger partial charge is 0.355 e. The van der Waals surface area contributed by atoms with E-state index in [4.69, 9.17) is 0 Å². The van der Waals surface area contributed by atoms with Gasteiger partial charge in [-0.2, -0.15) is 0 Å². The third kappa shape index (κ3) is 2.58. The van der Waals surface area contributed by atoms with Gasteiger partial charge in [-0.05, 0) is 43.9 Å². The molecule has 1 N–H and O–H groups in total. The average Bonchev–Trinajstić information content (AvgIpc) is 2.74. The van der Waals surface area contributed by atoms with Crippen LogP contribution in [0.3, 0.4) is 0 Å². The number of carbonyl (C=O) groups excluding carboxylic acids is 2. The van der Waals surface area contributed by atoms with Crippen molar-refractivity contribution in [1.29, 1.82) is 0 Å². The van der Waals surface area contributed by atoms with Crippen LogP contribution in [0.25, 0.3) is 0 Å². The first-order valence-corrected chi connectivity index (χ1v) is 5.91. The number of ketones is 1. The second kappa shape index (κ2) is 4.33. The Kier molecular flexibility index (Phi) is 3.08. The summed E-state index contributed by atoms with van der Waals surface area (Å²) in [5.74, 6) is 2.28. The van der Waals surface area contributed by atoms with Gasteiger partial charge in [-0.15, -0.1) is 0 Å². The Bertz CT molecular complexity index is 275. The molecule has 3 heteroatoms. The van der Waals surface area contributed by atoms with E-state index >= 15 is 0 Å². The molecule has 2 bridgehead atoms. The van der Waals surface area contributed by atoms with Gasteiger partial charge in [-0.1, -0.05) is 6.42 Å². The van der Waals surface area contributed by atoms with Crippen molar-refractivity contribution < 1.29 is 9.59 Å². The van der Waals surface area contributed by atoms with Gasteiger partial charge in [0.05, 0.1) is 6.42 Å². The molecular formula is C12H19NO2. The lowest BCUT2D eigenvalue weighted by Crippen LogP contribution is -2.32. The molecule has 2 saturated carbocycles. The predicted molar refractivity (Wildman–Crippen MR) is 57.2 cm³/mol. The molecule has 3 atom stereocenters. The molecule has 0 heterocycles. The van der Waals surface area contributed by atoms with E-state index in [1.165, 1.54) is 32.6 Å². The minimum absolute atomic E-state index is 0.0425. The van der Waals surface area contributed by atoms with Gasteiger partial charge in [0.1, 0.15) is 5.78 Å². The maximum Gasteiger partial charge on any atom is 0.227 e. The van der Waals surface area contributed by atoms with Crippen LogP contribution in [-0.4, -0.2) is 18.2 Å². The summed E-state index contributed by atoms with van der Waals surface area (Å²) in [5.41, 5.74) is 0. The maximum absolute atomic E-state index is 11.3. The number of rotatable bonds is 4. The Balaban J connectivity index is 1.70. The zero-order valence-electron chi connectivity index (χ0n) is 9.29. The lowest BCUT2D eigenvalue weighted by molar-refractivity contribution is -0.127. The van der Waals surface area contributed by atoms with Gasteiger partial charge < -0.3 is 5.32 Å². The highest BCUT2D eigenvalue weighted by molar-refractivity contribution is 5.96. The fourth-order valence-corrected chi connectivity index (χ4v) is 3.16. The molecule has 2 rings (SSSR count). The van der Waals surface area contributed by atoms with Gasteiger partial charge in [0.2, 0.25) is 5.91 Å². The summed E-state index contributed by atoms with van der Waals surface area (Å²) >= 11 is 0. The van der Waals surface area contributed by atoms with Crippen LogP contribution in [0.2, 0.25) is 0 Å². The molecule has 0 aliphatic heterocycles. The Morgan fingerprint density at radius 1 is 1.27 bits per heavy atom. The third-order valence-electron chi connectivity index (χ3n) is 3.86. The van der Waals surface area contributed by atoms with Crippen molar-refractivity contribution in [3.63, 3.8) is 0 Å². The number of Topliss-reactive ketones (excluding diaryl/α,β-unsaturated/α-hetero) is 1. The lowest BCUT2D eigenvalue weighted by Gasteiger charge is -2.21. The van der Waals surface area contributed by atoms with E-state index in [2.05, 4.69) is 5.32 Å². The zero-order chi connectivity index (χ0) is 10.8. The second-order valence-electron chi connectivity index (χ2n) is 5.12. The van der Waals surface area contributed by atoms with Gasteiger partial charge >= 0.3 is 0 Å². The Morgan fingerprint density at radius 3 is 2.60 bits per heavy atom. The van der Waals surface area contributed by atoms with Crippen molar-refractivity contribution in [3.05, 3.63) is 0 Å². The first kappa shape index (κ1) is 10.7. The quantitative estimate of drug-likeness (QED) is 0.713. The number of carbonyl (C=O) groups is 2. The molecule has 15 heavy (non-hydrogen) atoms. The van der Waals surface area contributed by atoms with Crippen LogP contribution in [0.15, 0.2) is 0 Å². The highest BCUT2D eigenvalue weighted by atomic mass is 16.2. The molecule has 0 aromatic rings. The van der Waals surface area contributed by atoms with Crippen LogP contribution < -0.4 is 5.32 Å². The first-order valence-electron chi connectivity index (χ1n) is 5.91. The highest BCUT2D eigenvalue weighted by Gasteiger charge is 2.39. The van der Waals surface area contributed by atoms with Crippen molar-refractivity contribution in [2.24, 2.45) is 17.8 Å². The van der Waals surface area contributed by atoms with Gasteiger partial charge in [0.15, 0.2) is 0 Å². The van der Waals surface area contributed by atoms with E-state index in [-0.39, 0.29) is 18.1 Å². The van der Waals surface area contributed by atoms with Crippen LogP contribution >= 0.6 is 0 Å². The first-order chi connectivity index (χ1) is 7.15. The van der Waals surface area contributed by atoms with Gasteiger partial charge in [0, 0.05) is 6.54 Å². The molecule has 84 valence electrons. The number of fused-ring (bicyclic) bond motifs is 2. The number of nitrogens with one attached hydrogen (secondary N) is 1. The highest BCUT2D eigenvalue weighted by Crippen LogP contribution is 2.47. The molecule has 1 amide bonds. The Morgan fingerprint density at radius 2 is 2.07 bits per heavy atom. The summed E-state index contributed by atoms with van der Waals surface area (Å²) in [6, 6.07) is 0. The predicted octanol–water partition coefficient (Wildman–Crippen LogP) is 1.52. The lowest BCUT2D eigenvalue weighted by atomic mass is 9.89. The smallest absolute Gasteiger partial charge is 0.227 e. The SMILES string of the molecule is CC(=O)CC(=O)NC[C@@H]1C[C@@H]2CC[C@@H]1C2. The molecule has 2 aliphatic carbocycles. The van der Waals surface area contributed by atoms with Crippen molar-refractivity contribution in [1.82, 2.24) is 5.32 Å².